The Labute approximate surface area is 152 Å². The van der Waals surface area contributed by atoms with Gasteiger partial charge < -0.3 is 4.74 Å². The summed E-state index contributed by atoms with van der Waals surface area (Å²) < 4.78 is 5.68. The highest BCUT2D eigenvalue weighted by atomic mass is 32.2. The van der Waals surface area contributed by atoms with Crippen LogP contribution in [-0.2, 0) is 9.59 Å². The number of hydrogen-bond acceptors (Lipinski definition) is 4. The minimum Gasteiger partial charge on any atom is -0.481 e. The predicted molar refractivity (Wildman–Crippen MR) is 99.5 cm³/mol. The summed E-state index contributed by atoms with van der Waals surface area (Å²) in [4.78, 5) is 24.9. The van der Waals surface area contributed by atoms with E-state index in [0.717, 1.165) is 16.0 Å². The van der Waals surface area contributed by atoms with E-state index in [-0.39, 0.29) is 11.7 Å². The Balaban J connectivity index is 1.77. The summed E-state index contributed by atoms with van der Waals surface area (Å²) in [7, 11) is 0. The zero-order chi connectivity index (χ0) is 18.2. The molecule has 25 heavy (non-hydrogen) atoms. The van der Waals surface area contributed by atoms with Crippen molar-refractivity contribution in [3.63, 3.8) is 0 Å². The molecule has 0 fully saturated rings. The number of aryl methyl sites for hydroxylation is 1. The van der Waals surface area contributed by atoms with Gasteiger partial charge in [-0.1, -0.05) is 30.3 Å². The van der Waals surface area contributed by atoms with Gasteiger partial charge in [0.25, 0.3) is 5.91 Å². The molecular weight excluding hydrogens is 336 g/mol. The fourth-order valence-electron chi connectivity index (χ4n) is 2.03. The molecule has 0 bridgehead atoms. The van der Waals surface area contributed by atoms with Crippen molar-refractivity contribution < 1.29 is 14.3 Å². The van der Waals surface area contributed by atoms with Crippen molar-refractivity contribution in [2.45, 2.75) is 31.8 Å². The van der Waals surface area contributed by atoms with Crippen molar-refractivity contribution in [1.82, 2.24) is 10.9 Å². The molecular formula is C19H22N2O3S. The van der Waals surface area contributed by atoms with E-state index in [4.69, 9.17) is 4.74 Å². The number of hydrogen-bond donors (Lipinski definition) is 2. The van der Waals surface area contributed by atoms with Crippen molar-refractivity contribution in [1.29, 1.82) is 0 Å². The maximum atomic E-state index is 12.1. The smallest absolute Gasteiger partial charge is 0.279 e. The Bertz CT molecular complexity index is 735. The van der Waals surface area contributed by atoms with Crippen LogP contribution in [0.1, 0.15) is 18.1 Å². The van der Waals surface area contributed by atoms with E-state index in [1.165, 1.54) is 11.8 Å². The topological polar surface area (TPSA) is 67.4 Å². The van der Waals surface area contributed by atoms with Gasteiger partial charge >= 0.3 is 0 Å². The number of rotatable bonds is 6. The lowest BCUT2D eigenvalue weighted by molar-refractivity contribution is -0.131. The van der Waals surface area contributed by atoms with Gasteiger partial charge in [0.1, 0.15) is 5.75 Å². The molecule has 0 heterocycles. The van der Waals surface area contributed by atoms with E-state index in [2.05, 4.69) is 10.9 Å². The number of hydrazine groups is 1. The Kier molecular flexibility index (Phi) is 6.89. The first-order chi connectivity index (χ1) is 12.0. The summed E-state index contributed by atoms with van der Waals surface area (Å²) in [6.07, 6.45) is -0.720. The van der Waals surface area contributed by atoms with Crippen LogP contribution in [0.25, 0.3) is 0 Å². The molecule has 2 N–H and O–H groups in total. The van der Waals surface area contributed by atoms with Gasteiger partial charge in [-0.25, -0.2) is 0 Å². The Hall–Kier alpha value is -2.47. The van der Waals surface area contributed by atoms with Crippen molar-refractivity contribution in [3.05, 3.63) is 59.7 Å². The average Bonchev–Trinajstić information content (AvgIpc) is 2.62. The molecule has 0 aromatic heterocycles. The largest absolute Gasteiger partial charge is 0.481 e. The second kappa shape index (κ2) is 9.13. The first-order valence-corrected chi connectivity index (χ1v) is 8.95. The highest BCUT2D eigenvalue weighted by molar-refractivity contribution is 8.00. The number of nitrogens with one attached hydrogen (secondary N) is 2. The summed E-state index contributed by atoms with van der Waals surface area (Å²) >= 11 is 1.40. The second-order valence-corrected chi connectivity index (χ2v) is 6.65. The van der Waals surface area contributed by atoms with Crippen LogP contribution >= 0.6 is 11.8 Å². The third-order valence-corrected chi connectivity index (χ3v) is 4.68. The van der Waals surface area contributed by atoms with Crippen molar-refractivity contribution in [3.8, 4) is 5.75 Å². The number of benzene rings is 2. The Morgan fingerprint density at radius 3 is 2.48 bits per heavy atom. The first kappa shape index (κ1) is 18.9. The number of amides is 2. The van der Waals surface area contributed by atoms with E-state index >= 15 is 0 Å². The van der Waals surface area contributed by atoms with E-state index in [0.29, 0.717) is 5.75 Å². The number of carbonyl (C=O) groups is 2. The van der Waals surface area contributed by atoms with Crippen molar-refractivity contribution >= 4 is 23.6 Å². The van der Waals surface area contributed by atoms with Gasteiger partial charge in [-0.2, -0.15) is 0 Å². The predicted octanol–water partition coefficient (Wildman–Crippen LogP) is 3.01. The fraction of sp³-hybridized carbons (Fsp3) is 0.263. The molecule has 2 amide bonds. The fourth-order valence-corrected chi connectivity index (χ4v) is 2.75. The summed E-state index contributed by atoms with van der Waals surface area (Å²) in [5.74, 6) is 0.199. The van der Waals surface area contributed by atoms with Crippen LogP contribution in [0.2, 0.25) is 0 Å². The monoisotopic (exact) mass is 358 g/mol. The van der Waals surface area contributed by atoms with Crippen LogP contribution in [0.5, 0.6) is 5.75 Å². The van der Waals surface area contributed by atoms with Gasteiger partial charge in [0.2, 0.25) is 5.91 Å². The number of thioether (sulfide) groups is 1. The third-order valence-electron chi connectivity index (χ3n) is 3.67. The molecule has 5 nitrogen and oxygen atoms in total. The Morgan fingerprint density at radius 1 is 1.04 bits per heavy atom. The highest BCUT2D eigenvalue weighted by Gasteiger charge is 2.16. The Morgan fingerprint density at radius 2 is 1.76 bits per heavy atom. The zero-order valence-electron chi connectivity index (χ0n) is 14.5. The van der Waals surface area contributed by atoms with Crippen LogP contribution < -0.4 is 15.6 Å². The molecule has 0 aliphatic carbocycles. The average molecular weight is 358 g/mol. The molecule has 6 heteroatoms. The van der Waals surface area contributed by atoms with Crippen LogP contribution in [0.15, 0.2) is 53.4 Å². The normalized spacial score (nSPS) is 11.5. The molecule has 0 aliphatic rings. The lowest BCUT2D eigenvalue weighted by Crippen LogP contribution is -2.47. The summed E-state index contributed by atoms with van der Waals surface area (Å²) in [6, 6.07) is 15.3. The molecule has 1 atom stereocenters. The van der Waals surface area contributed by atoms with Crippen molar-refractivity contribution in [2.24, 2.45) is 0 Å². The molecule has 2 rings (SSSR count). The first-order valence-electron chi connectivity index (χ1n) is 7.97. The molecule has 0 saturated heterocycles. The van der Waals surface area contributed by atoms with Gasteiger partial charge in [0.15, 0.2) is 6.10 Å². The SMILES string of the molecule is Cc1cccc(O[C@@H](C)C(=O)NNC(=O)CSc2ccccc2)c1C. The van der Waals surface area contributed by atoms with Crippen LogP contribution in [0.4, 0.5) is 0 Å². The molecule has 0 unspecified atom stereocenters. The minimum atomic E-state index is -0.720. The molecule has 0 aliphatic heterocycles. The van der Waals surface area contributed by atoms with Gasteiger partial charge in [-0.05, 0) is 50.1 Å². The van der Waals surface area contributed by atoms with E-state index in [1.54, 1.807) is 6.92 Å². The van der Waals surface area contributed by atoms with E-state index in [1.807, 2.05) is 62.4 Å². The van der Waals surface area contributed by atoms with E-state index in [9.17, 15) is 9.59 Å². The van der Waals surface area contributed by atoms with Crippen LogP contribution in [0, 0.1) is 13.8 Å². The van der Waals surface area contributed by atoms with E-state index < -0.39 is 12.0 Å². The molecule has 0 saturated carbocycles. The summed E-state index contributed by atoms with van der Waals surface area (Å²) in [6.45, 7) is 5.57. The summed E-state index contributed by atoms with van der Waals surface area (Å²) in [5.41, 5.74) is 6.89. The number of carbonyl (C=O) groups excluding carboxylic acids is 2. The van der Waals surface area contributed by atoms with Crippen molar-refractivity contribution in [2.75, 3.05) is 5.75 Å². The van der Waals surface area contributed by atoms with Gasteiger partial charge in [-0.15, -0.1) is 11.8 Å². The number of ether oxygens (including phenoxy) is 1. The maximum Gasteiger partial charge on any atom is 0.279 e. The molecule has 0 spiro atoms. The molecule has 0 radical (unpaired) electrons. The lowest BCUT2D eigenvalue weighted by atomic mass is 10.1. The highest BCUT2D eigenvalue weighted by Crippen LogP contribution is 2.21. The quantitative estimate of drug-likeness (QED) is 0.615. The molecule has 2 aromatic carbocycles. The zero-order valence-corrected chi connectivity index (χ0v) is 15.4. The third kappa shape index (κ3) is 5.83. The summed E-state index contributed by atoms with van der Waals surface area (Å²) in [5, 5.41) is 0. The second-order valence-electron chi connectivity index (χ2n) is 5.60. The minimum absolute atomic E-state index is 0.219. The van der Waals surface area contributed by atoms with Gasteiger partial charge in [0.05, 0.1) is 5.75 Å². The van der Waals surface area contributed by atoms with Crippen LogP contribution in [-0.4, -0.2) is 23.7 Å². The van der Waals surface area contributed by atoms with Gasteiger partial charge in [0, 0.05) is 4.90 Å². The van der Waals surface area contributed by atoms with Crippen LogP contribution in [0.3, 0.4) is 0 Å². The molecule has 132 valence electrons. The standard InChI is InChI=1S/C19H22N2O3S/c1-13-8-7-11-17(14(13)2)24-15(3)19(23)21-20-18(22)12-25-16-9-5-4-6-10-16/h4-11,15H,12H2,1-3H3,(H,20,22)(H,21,23)/t15-/m0/s1. The molecule has 2 aromatic rings. The lowest BCUT2D eigenvalue weighted by Gasteiger charge is -2.17. The van der Waals surface area contributed by atoms with Gasteiger partial charge in [-0.3, -0.25) is 20.4 Å². The maximum absolute atomic E-state index is 12.1.